The van der Waals surface area contributed by atoms with E-state index in [-0.39, 0.29) is 11.9 Å². The second kappa shape index (κ2) is 9.52. The number of hydrogen-bond acceptors (Lipinski definition) is 7. The summed E-state index contributed by atoms with van der Waals surface area (Å²) in [5, 5.41) is 16.8. The third-order valence-corrected chi connectivity index (χ3v) is 6.57. The summed E-state index contributed by atoms with van der Waals surface area (Å²) in [5.41, 5.74) is 0.895. The van der Waals surface area contributed by atoms with E-state index in [0.717, 1.165) is 35.8 Å². The Kier molecular flexibility index (Phi) is 7.08. The van der Waals surface area contributed by atoms with Crippen LogP contribution < -0.4 is 16.0 Å². The Morgan fingerprint density at radius 3 is 2.81 bits per heavy atom. The summed E-state index contributed by atoms with van der Waals surface area (Å²) in [4.78, 5) is 24.1. The zero-order chi connectivity index (χ0) is 19.2. The molecule has 7 nitrogen and oxygen atoms in total. The lowest BCUT2D eigenvalue weighted by Crippen LogP contribution is -2.45. The number of aromatic nitrogens is 2. The van der Waals surface area contributed by atoms with Gasteiger partial charge < -0.3 is 10.6 Å². The number of benzene rings is 1. The molecule has 10 heteroatoms. The molecule has 3 rings (SSSR count). The van der Waals surface area contributed by atoms with Gasteiger partial charge in [0.15, 0.2) is 4.34 Å². The van der Waals surface area contributed by atoms with Gasteiger partial charge in [-0.3, -0.25) is 10.1 Å². The minimum atomic E-state index is -0.453. The molecule has 3 N–H and O–H groups in total. The summed E-state index contributed by atoms with van der Waals surface area (Å²) in [7, 11) is 0. The van der Waals surface area contributed by atoms with Gasteiger partial charge in [0.2, 0.25) is 11.0 Å². The zero-order valence-electron chi connectivity index (χ0n) is 14.7. The van der Waals surface area contributed by atoms with Crippen LogP contribution in [0.4, 0.5) is 15.6 Å². The van der Waals surface area contributed by atoms with Crippen molar-refractivity contribution in [1.82, 2.24) is 20.8 Å². The molecule has 27 heavy (non-hydrogen) atoms. The predicted molar refractivity (Wildman–Crippen MR) is 112 cm³/mol. The smallest absolute Gasteiger partial charge is 0.321 e. The third kappa shape index (κ3) is 6.18. The molecule has 1 atom stereocenters. The average molecular weight is 470 g/mol. The predicted octanol–water partition coefficient (Wildman–Crippen LogP) is 4.29. The van der Waals surface area contributed by atoms with Gasteiger partial charge in [-0.15, -0.1) is 10.2 Å². The number of imide groups is 1. The zero-order valence-corrected chi connectivity index (χ0v) is 17.9. The van der Waals surface area contributed by atoms with E-state index in [2.05, 4.69) is 42.1 Å². The van der Waals surface area contributed by atoms with Gasteiger partial charge in [-0.1, -0.05) is 57.9 Å². The lowest BCUT2D eigenvalue weighted by molar-refractivity contribution is -0.119. The number of thioether (sulfide) groups is 1. The van der Waals surface area contributed by atoms with E-state index < -0.39 is 11.3 Å². The van der Waals surface area contributed by atoms with Crippen LogP contribution in [0.15, 0.2) is 33.1 Å². The molecule has 1 fully saturated rings. The Morgan fingerprint density at radius 2 is 2.07 bits per heavy atom. The van der Waals surface area contributed by atoms with E-state index in [4.69, 9.17) is 0 Å². The van der Waals surface area contributed by atoms with Crippen molar-refractivity contribution in [2.75, 3.05) is 5.32 Å². The van der Waals surface area contributed by atoms with Gasteiger partial charge >= 0.3 is 6.03 Å². The van der Waals surface area contributed by atoms with Crippen LogP contribution >= 0.6 is 39.0 Å². The molecular formula is C17H20BrN5O2S2. The van der Waals surface area contributed by atoms with Crippen molar-refractivity contribution in [3.63, 3.8) is 0 Å². The summed E-state index contributed by atoms with van der Waals surface area (Å²) < 4.78 is 1.62. The molecule has 1 aromatic heterocycles. The summed E-state index contributed by atoms with van der Waals surface area (Å²) in [6, 6.07) is 7.48. The van der Waals surface area contributed by atoms with E-state index in [1.54, 1.807) is 6.92 Å². The summed E-state index contributed by atoms with van der Waals surface area (Å²) in [5.74, 6) is -0.341. The van der Waals surface area contributed by atoms with Crippen molar-refractivity contribution in [1.29, 1.82) is 0 Å². The van der Waals surface area contributed by atoms with Gasteiger partial charge in [0.05, 0.1) is 5.25 Å². The fraction of sp³-hybridized carbons (Fsp3) is 0.412. The molecule has 1 heterocycles. The maximum absolute atomic E-state index is 12.2. The van der Waals surface area contributed by atoms with E-state index in [9.17, 15) is 9.59 Å². The second-order valence-corrected chi connectivity index (χ2v) is 9.69. The fourth-order valence-corrected chi connectivity index (χ4v) is 5.02. The molecule has 0 saturated heterocycles. The summed E-state index contributed by atoms with van der Waals surface area (Å²) >= 11 is 6.06. The van der Waals surface area contributed by atoms with E-state index >= 15 is 0 Å². The van der Waals surface area contributed by atoms with Gasteiger partial charge in [-0.25, -0.2) is 4.79 Å². The maximum Gasteiger partial charge on any atom is 0.321 e. The Balaban J connectivity index is 1.48. The van der Waals surface area contributed by atoms with Crippen molar-refractivity contribution in [2.24, 2.45) is 0 Å². The largest absolute Gasteiger partial charge is 0.335 e. The van der Waals surface area contributed by atoms with Crippen LogP contribution in [0, 0.1) is 0 Å². The molecule has 0 aliphatic heterocycles. The van der Waals surface area contributed by atoms with Crippen LogP contribution in [-0.2, 0) is 4.79 Å². The lowest BCUT2D eigenvalue weighted by atomic mass is 10.2. The number of carbonyl (C=O) groups is 2. The Bertz CT molecular complexity index is 810. The average Bonchev–Trinajstić information content (AvgIpc) is 3.27. The van der Waals surface area contributed by atoms with E-state index in [1.165, 1.54) is 23.1 Å². The summed E-state index contributed by atoms with van der Waals surface area (Å²) in [6.07, 6.45) is 4.20. The first kappa shape index (κ1) is 20.1. The molecule has 1 unspecified atom stereocenters. The van der Waals surface area contributed by atoms with Gasteiger partial charge in [0.1, 0.15) is 0 Å². The third-order valence-electron chi connectivity index (χ3n) is 4.06. The normalized spacial score (nSPS) is 15.3. The highest BCUT2D eigenvalue weighted by Crippen LogP contribution is 2.31. The monoisotopic (exact) mass is 469 g/mol. The Morgan fingerprint density at radius 1 is 1.30 bits per heavy atom. The van der Waals surface area contributed by atoms with Crippen molar-refractivity contribution < 1.29 is 9.59 Å². The quantitative estimate of drug-likeness (QED) is 0.545. The molecule has 1 aliphatic rings. The molecule has 0 bridgehead atoms. The molecule has 0 spiro atoms. The highest BCUT2D eigenvalue weighted by atomic mass is 79.9. The minimum Gasteiger partial charge on any atom is -0.335 e. The molecular weight excluding hydrogens is 450 g/mol. The van der Waals surface area contributed by atoms with Crippen molar-refractivity contribution in [3.8, 4) is 0 Å². The number of halogens is 1. The van der Waals surface area contributed by atoms with Crippen LogP contribution in [-0.4, -0.2) is 33.4 Å². The highest BCUT2D eigenvalue weighted by Gasteiger charge is 2.22. The van der Waals surface area contributed by atoms with Crippen LogP contribution in [0.1, 0.15) is 32.6 Å². The van der Waals surface area contributed by atoms with Crippen molar-refractivity contribution in [3.05, 3.63) is 28.7 Å². The molecule has 1 aromatic carbocycles. The molecule has 1 saturated carbocycles. The lowest BCUT2D eigenvalue weighted by Gasteiger charge is -2.14. The second-order valence-electron chi connectivity index (χ2n) is 6.21. The maximum atomic E-state index is 12.2. The van der Waals surface area contributed by atoms with Crippen LogP contribution in [0.5, 0.6) is 0 Å². The standard InChI is InChI=1S/C17H20BrN5O2S2/c1-10(14(24)21-15(25)19-12-6-2-3-7-12)26-17-23-22-16(27-17)20-13-8-4-5-11(18)9-13/h4-5,8-10,12H,2-3,6-7H2,1H3,(H,20,22)(H2,19,21,24,25). The van der Waals surface area contributed by atoms with Crippen molar-refractivity contribution >= 4 is 61.8 Å². The molecule has 144 valence electrons. The Hall–Kier alpha value is -1.65. The van der Waals surface area contributed by atoms with Crippen LogP contribution in [0.25, 0.3) is 0 Å². The first-order valence-electron chi connectivity index (χ1n) is 8.64. The number of nitrogens with zero attached hydrogens (tertiary/aromatic N) is 2. The number of urea groups is 1. The number of carbonyl (C=O) groups excluding carboxylic acids is 2. The SMILES string of the molecule is CC(Sc1nnc(Nc2cccc(Br)c2)s1)C(=O)NC(=O)NC1CCCC1. The minimum absolute atomic E-state index is 0.176. The number of rotatable bonds is 6. The number of amides is 3. The Labute approximate surface area is 174 Å². The van der Waals surface area contributed by atoms with Crippen LogP contribution in [0.2, 0.25) is 0 Å². The molecule has 0 radical (unpaired) electrons. The summed E-state index contributed by atoms with van der Waals surface area (Å²) in [6.45, 7) is 1.74. The molecule has 1 aliphatic carbocycles. The molecule has 3 amide bonds. The number of anilines is 2. The van der Waals surface area contributed by atoms with Crippen molar-refractivity contribution in [2.45, 2.75) is 48.2 Å². The number of nitrogens with one attached hydrogen (secondary N) is 3. The van der Waals surface area contributed by atoms with Gasteiger partial charge in [0, 0.05) is 16.2 Å². The van der Waals surface area contributed by atoms with E-state index in [0.29, 0.717) is 9.47 Å². The molecule has 2 aromatic rings. The first-order valence-corrected chi connectivity index (χ1v) is 11.1. The van der Waals surface area contributed by atoms with Gasteiger partial charge in [-0.2, -0.15) is 0 Å². The van der Waals surface area contributed by atoms with Gasteiger partial charge in [-0.05, 0) is 38.0 Å². The van der Waals surface area contributed by atoms with Gasteiger partial charge in [0.25, 0.3) is 0 Å². The number of hydrogen-bond donors (Lipinski definition) is 3. The van der Waals surface area contributed by atoms with Crippen LogP contribution in [0.3, 0.4) is 0 Å². The first-order chi connectivity index (χ1) is 13.0. The highest BCUT2D eigenvalue weighted by molar-refractivity contribution is 9.10. The van der Waals surface area contributed by atoms with E-state index in [1.807, 2.05) is 24.3 Å². The topological polar surface area (TPSA) is 96.0 Å². The fourth-order valence-electron chi connectivity index (χ4n) is 2.71.